The second-order valence-corrected chi connectivity index (χ2v) is 5.38. The first-order valence-electron chi connectivity index (χ1n) is 7.32. The van der Waals surface area contributed by atoms with Crippen molar-refractivity contribution in [3.63, 3.8) is 0 Å². The number of nitrogens with zero attached hydrogens (tertiary/aromatic N) is 3. The molecule has 0 amide bonds. The summed E-state index contributed by atoms with van der Waals surface area (Å²) in [5.74, 6) is 0.744. The van der Waals surface area contributed by atoms with Gasteiger partial charge in [0.1, 0.15) is 5.82 Å². The quantitative estimate of drug-likeness (QED) is 0.937. The third-order valence-corrected chi connectivity index (χ3v) is 3.79. The lowest BCUT2D eigenvalue weighted by atomic mass is 10.1. The van der Waals surface area contributed by atoms with Crippen molar-refractivity contribution in [2.45, 2.75) is 25.4 Å². The molecular formula is C16H19FN4. The molecule has 1 aliphatic rings. The molecule has 1 fully saturated rings. The minimum Gasteiger partial charge on any atom is -0.354 e. The number of nitrogens with one attached hydrogen (secondary N) is 1. The first-order chi connectivity index (χ1) is 10.3. The first-order valence-corrected chi connectivity index (χ1v) is 7.32. The molecular weight excluding hydrogens is 267 g/mol. The van der Waals surface area contributed by atoms with E-state index in [9.17, 15) is 4.39 Å². The predicted octanol–water partition coefficient (Wildman–Crippen LogP) is 2.37. The summed E-state index contributed by atoms with van der Waals surface area (Å²) in [6.45, 7) is 2.61. The van der Waals surface area contributed by atoms with E-state index in [0.717, 1.165) is 37.3 Å². The molecule has 1 aliphatic heterocycles. The predicted molar refractivity (Wildman–Crippen MR) is 80.5 cm³/mol. The number of hydrogen-bond acceptors (Lipinski definition) is 4. The Morgan fingerprint density at radius 3 is 3.05 bits per heavy atom. The Hall–Kier alpha value is -2.01. The van der Waals surface area contributed by atoms with Gasteiger partial charge >= 0.3 is 0 Å². The fourth-order valence-corrected chi connectivity index (χ4v) is 2.72. The van der Waals surface area contributed by atoms with Crippen molar-refractivity contribution in [2.75, 3.05) is 18.0 Å². The average Bonchev–Trinajstić information content (AvgIpc) is 2.54. The summed E-state index contributed by atoms with van der Waals surface area (Å²) < 4.78 is 13.2. The van der Waals surface area contributed by atoms with Crippen molar-refractivity contribution in [1.82, 2.24) is 15.5 Å². The van der Waals surface area contributed by atoms with Crippen LogP contribution in [0, 0.1) is 5.82 Å². The zero-order valence-corrected chi connectivity index (χ0v) is 11.9. The molecule has 0 spiro atoms. The number of rotatable bonds is 4. The molecule has 2 heterocycles. The van der Waals surface area contributed by atoms with E-state index >= 15 is 0 Å². The van der Waals surface area contributed by atoms with Crippen LogP contribution >= 0.6 is 0 Å². The normalized spacial score (nSPS) is 18.7. The van der Waals surface area contributed by atoms with E-state index in [1.165, 1.54) is 6.07 Å². The minimum absolute atomic E-state index is 0.181. The average molecular weight is 286 g/mol. The van der Waals surface area contributed by atoms with Crippen molar-refractivity contribution in [2.24, 2.45) is 0 Å². The van der Waals surface area contributed by atoms with Gasteiger partial charge in [0, 0.05) is 31.9 Å². The van der Waals surface area contributed by atoms with Crippen molar-refractivity contribution >= 4 is 5.82 Å². The fraction of sp³-hybridized carbons (Fsp3) is 0.375. The van der Waals surface area contributed by atoms with Crippen LogP contribution in [0.1, 0.15) is 18.4 Å². The molecule has 4 nitrogen and oxygen atoms in total. The van der Waals surface area contributed by atoms with E-state index < -0.39 is 0 Å². The van der Waals surface area contributed by atoms with Crippen LogP contribution in [0.5, 0.6) is 0 Å². The molecule has 5 heteroatoms. The van der Waals surface area contributed by atoms with Gasteiger partial charge in [-0.3, -0.25) is 0 Å². The molecule has 1 saturated heterocycles. The molecule has 0 aliphatic carbocycles. The molecule has 0 saturated carbocycles. The molecule has 1 unspecified atom stereocenters. The number of aromatic nitrogens is 2. The van der Waals surface area contributed by atoms with Gasteiger partial charge in [-0.2, -0.15) is 5.10 Å². The molecule has 1 aromatic heterocycles. The fourth-order valence-electron chi connectivity index (χ4n) is 2.72. The van der Waals surface area contributed by atoms with Gasteiger partial charge in [-0.15, -0.1) is 5.10 Å². The molecule has 0 bridgehead atoms. The molecule has 3 rings (SSSR count). The highest BCUT2D eigenvalue weighted by molar-refractivity contribution is 5.37. The van der Waals surface area contributed by atoms with E-state index in [1.807, 2.05) is 18.2 Å². The Balaban J connectivity index is 1.57. The smallest absolute Gasteiger partial charge is 0.151 e. The Bertz CT molecular complexity index is 575. The number of benzene rings is 1. The van der Waals surface area contributed by atoms with E-state index in [0.29, 0.717) is 12.6 Å². The summed E-state index contributed by atoms with van der Waals surface area (Å²) in [5.41, 5.74) is 0.978. The largest absolute Gasteiger partial charge is 0.354 e. The highest BCUT2D eigenvalue weighted by Gasteiger charge is 2.20. The van der Waals surface area contributed by atoms with Crippen LogP contribution < -0.4 is 10.2 Å². The van der Waals surface area contributed by atoms with E-state index in [-0.39, 0.29) is 5.82 Å². The topological polar surface area (TPSA) is 41.0 Å². The molecule has 1 N–H and O–H groups in total. The van der Waals surface area contributed by atoms with Crippen LogP contribution in [-0.2, 0) is 6.54 Å². The van der Waals surface area contributed by atoms with Crippen LogP contribution in [0.2, 0.25) is 0 Å². The lowest BCUT2D eigenvalue weighted by Gasteiger charge is -2.33. The van der Waals surface area contributed by atoms with Gasteiger partial charge in [0.25, 0.3) is 0 Å². The number of piperidine rings is 1. The molecule has 110 valence electrons. The standard InChI is InChI=1S/C16H19FN4/c17-14-5-1-4-13(10-14)11-18-15-6-3-9-21(12-15)16-7-2-8-19-20-16/h1-2,4-5,7-8,10,15,18H,3,6,9,11-12H2. The maximum atomic E-state index is 13.2. The molecule has 1 atom stereocenters. The van der Waals surface area contributed by atoms with Gasteiger partial charge in [0.2, 0.25) is 0 Å². The lowest BCUT2D eigenvalue weighted by Crippen LogP contribution is -2.45. The van der Waals surface area contributed by atoms with E-state index in [4.69, 9.17) is 0 Å². The summed E-state index contributed by atoms with van der Waals surface area (Å²) in [7, 11) is 0. The molecule has 2 aromatic rings. The molecule has 0 radical (unpaired) electrons. The second-order valence-electron chi connectivity index (χ2n) is 5.38. The van der Waals surface area contributed by atoms with Crippen LogP contribution in [0.3, 0.4) is 0 Å². The Morgan fingerprint density at radius 2 is 2.24 bits per heavy atom. The van der Waals surface area contributed by atoms with Gasteiger partial charge in [0.05, 0.1) is 0 Å². The van der Waals surface area contributed by atoms with Gasteiger partial charge in [-0.05, 0) is 42.7 Å². The third kappa shape index (κ3) is 3.76. The zero-order chi connectivity index (χ0) is 14.5. The number of anilines is 1. The van der Waals surface area contributed by atoms with E-state index in [2.05, 4.69) is 20.4 Å². The Morgan fingerprint density at radius 1 is 1.29 bits per heavy atom. The lowest BCUT2D eigenvalue weighted by molar-refractivity contribution is 0.419. The maximum absolute atomic E-state index is 13.2. The zero-order valence-electron chi connectivity index (χ0n) is 11.9. The summed E-state index contributed by atoms with van der Waals surface area (Å²) in [6, 6.07) is 11.0. The SMILES string of the molecule is Fc1cccc(CNC2CCCN(c3cccnn3)C2)c1. The maximum Gasteiger partial charge on any atom is 0.151 e. The van der Waals surface area contributed by atoms with Crippen molar-refractivity contribution < 1.29 is 4.39 Å². The van der Waals surface area contributed by atoms with Gasteiger partial charge in [0.15, 0.2) is 5.82 Å². The molecule has 21 heavy (non-hydrogen) atoms. The van der Waals surface area contributed by atoms with Gasteiger partial charge in [-0.25, -0.2) is 4.39 Å². The van der Waals surface area contributed by atoms with Crippen LogP contribution in [0.25, 0.3) is 0 Å². The summed E-state index contributed by atoms with van der Waals surface area (Å²) in [6.07, 6.45) is 3.94. The third-order valence-electron chi connectivity index (χ3n) is 3.79. The Labute approximate surface area is 124 Å². The van der Waals surface area contributed by atoms with Crippen molar-refractivity contribution in [1.29, 1.82) is 0 Å². The summed E-state index contributed by atoms with van der Waals surface area (Å²) in [5, 5.41) is 11.6. The highest BCUT2D eigenvalue weighted by Crippen LogP contribution is 2.17. The van der Waals surface area contributed by atoms with E-state index in [1.54, 1.807) is 18.3 Å². The van der Waals surface area contributed by atoms with Gasteiger partial charge in [-0.1, -0.05) is 12.1 Å². The molecule has 1 aromatic carbocycles. The van der Waals surface area contributed by atoms with Crippen LogP contribution in [0.4, 0.5) is 10.2 Å². The van der Waals surface area contributed by atoms with Crippen molar-refractivity contribution in [3.8, 4) is 0 Å². The van der Waals surface area contributed by atoms with Crippen LogP contribution in [-0.4, -0.2) is 29.3 Å². The number of halogens is 1. The van der Waals surface area contributed by atoms with Crippen molar-refractivity contribution in [3.05, 3.63) is 54.0 Å². The number of hydrogen-bond donors (Lipinski definition) is 1. The summed E-state index contributed by atoms with van der Waals surface area (Å²) >= 11 is 0. The summed E-state index contributed by atoms with van der Waals surface area (Å²) in [4.78, 5) is 2.25. The monoisotopic (exact) mass is 286 g/mol. The highest BCUT2D eigenvalue weighted by atomic mass is 19.1. The van der Waals surface area contributed by atoms with Crippen LogP contribution in [0.15, 0.2) is 42.6 Å². The second kappa shape index (κ2) is 6.63. The minimum atomic E-state index is -0.181. The first kappa shape index (κ1) is 13.9. The Kier molecular flexibility index (Phi) is 4.40. The van der Waals surface area contributed by atoms with Gasteiger partial charge < -0.3 is 10.2 Å².